The van der Waals surface area contributed by atoms with Crippen LogP contribution in [0.2, 0.25) is 0 Å². The second kappa shape index (κ2) is 7.57. The van der Waals surface area contributed by atoms with Gasteiger partial charge in [-0.2, -0.15) is 0 Å². The zero-order valence-corrected chi connectivity index (χ0v) is 14.8. The number of hydrogen-bond donors (Lipinski definition) is 0. The summed E-state index contributed by atoms with van der Waals surface area (Å²) in [5, 5.41) is 0. The summed E-state index contributed by atoms with van der Waals surface area (Å²) in [5.41, 5.74) is 1.40. The molecule has 2 aliphatic heterocycles. The molecule has 1 aromatic heterocycles. The van der Waals surface area contributed by atoms with Gasteiger partial charge >= 0.3 is 0 Å². The highest BCUT2D eigenvalue weighted by molar-refractivity contribution is 5.76. The molecule has 2 aliphatic rings. The number of hydrogen-bond acceptors (Lipinski definition) is 5. The van der Waals surface area contributed by atoms with Crippen molar-refractivity contribution in [3.63, 3.8) is 0 Å². The number of carbonyl (C=O) groups excluding carboxylic acids is 1. The number of piperidine rings is 1. The highest BCUT2D eigenvalue weighted by Crippen LogP contribution is 2.42. The van der Waals surface area contributed by atoms with Crippen LogP contribution in [0.15, 0.2) is 18.7 Å². The lowest BCUT2D eigenvalue weighted by atomic mass is 9.76. The predicted octanol–water partition coefficient (Wildman–Crippen LogP) is 1.37. The lowest BCUT2D eigenvalue weighted by molar-refractivity contribution is -0.133. The van der Waals surface area contributed by atoms with Crippen molar-refractivity contribution in [3.8, 4) is 0 Å². The van der Waals surface area contributed by atoms with E-state index in [2.05, 4.69) is 21.9 Å². The third kappa shape index (κ3) is 3.92. The molecular weight excluding hydrogens is 304 g/mol. The van der Waals surface area contributed by atoms with Crippen LogP contribution in [0, 0.1) is 5.41 Å². The highest BCUT2D eigenvalue weighted by atomic mass is 16.5. The minimum Gasteiger partial charge on any atom is -0.383 e. The van der Waals surface area contributed by atoms with E-state index in [1.807, 2.05) is 4.90 Å². The van der Waals surface area contributed by atoms with Crippen LogP contribution in [0.25, 0.3) is 0 Å². The summed E-state index contributed by atoms with van der Waals surface area (Å²) < 4.78 is 5.35. The molecule has 1 spiro atoms. The van der Waals surface area contributed by atoms with Gasteiger partial charge in [0.2, 0.25) is 5.91 Å². The number of methoxy groups -OCH3 is 1. The van der Waals surface area contributed by atoms with E-state index in [0.717, 1.165) is 51.1 Å². The minimum atomic E-state index is 0.258. The zero-order chi connectivity index (χ0) is 17.0. The molecule has 0 aromatic carbocycles. The Bertz CT molecular complexity index is 543. The quantitative estimate of drug-likeness (QED) is 0.815. The van der Waals surface area contributed by atoms with Crippen molar-refractivity contribution in [2.45, 2.75) is 38.1 Å². The van der Waals surface area contributed by atoms with Gasteiger partial charge in [-0.05, 0) is 43.7 Å². The number of nitrogens with zero attached hydrogens (tertiary/aromatic N) is 4. The topological polar surface area (TPSA) is 58.6 Å². The van der Waals surface area contributed by atoms with Crippen LogP contribution >= 0.6 is 0 Å². The molecule has 2 fully saturated rings. The lowest BCUT2D eigenvalue weighted by Crippen LogP contribution is -2.44. The number of likely N-dealkylation sites (N-methyl/N-ethyl adjacent to an activating group) is 1. The summed E-state index contributed by atoms with van der Waals surface area (Å²) in [5.74, 6) is 0.258. The first kappa shape index (κ1) is 17.3. The second-order valence-corrected chi connectivity index (χ2v) is 7.36. The van der Waals surface area contributed by atoms with Crippen LogP contribution < -0.4 is 0 Å². The van der Waals surface area contributed by atoms with Crippen molar-refractivity contribution < 1.29 is 9.53 Å². The Morgan fingerprint density at radius 3 is 2.71 bits per heavy atom. The van der Waals surface area contributed by atoms with Crippen molar-refractivity contribution in [2.24, 2.45) is 5.41 Å². The molecule has 0 bridgehead atoms. The van der Waals surface area contributed by atoms with E-state index in [1.54, 1.807) is 19.5 Å². The third-order valence-electron chi connectivity index (χ3n) is 5.65. The average molecular weight is 332 g/mol. The SMILES string of the molecule is COCC1CC2(CCN(C(=O)CCc3cncnc3)CC2)CN1C. The normalized spacial score (nSPS) is 23.8. The maximum atomic E-state index is 12.5. The molecule has 6 heteroatoms. The van der Waals surface area contributed by atoms with Gasteiger partial charge in [0.1, 0.15) is 6.33 Å². The number of rotatable bonds is 5. The Hall–Kier alpha value is -1.53. The van der Waals surface area contributed by atoms with Crippen LogP contribution in [0.1, 0.15) is 31.2 Å². The van der Waals surface area contributed by atoms with E-state index in [0.29, 0.717) is 17.9 Å². The van der Waals surface area contributed by atoms with E-state index in [1.165, 1.54) is 12.7 Å². The zero-order valence-electron chi connectivity index (χ0n) is 14.8. The molecule has 0 saturated carbocycles. The molecule has 0 N–H and O–H groups in total. The number of likely N-dealkylation sites (tertiary alicyclic amines) is 2. The van der Waals surface area contributed by atoms with Crippen LogP contribution in [0.3, 0.4) is 0 Å². The Kier molecular flexibility index (Phi) is 5.46. The minimum absolute atomic E-state index is 0.258. The van der Waals surface area contributed by atoms with Crippen LogP contribution in [0.4, 0.5) is 0 Å². The summed E-state index contributed by atoms with van der Waals surface area (Å²) in [4.78, 5) is 24.9. The largest absolute Gasteiger partial charge is 0.383 e. The van der Waals surface area contributed by atoms with E-state index in [9.17, 15) is 4.79 Å². The van der Waals surface area contributed by atoms with Gasteiger partial charge in [-0.25, -0.2) is 9.97 Å². The van der Waals surface area contributed by atoms with E-state index in [-0.39, 0.29) is 5.91 Å². The maximum absolute atomic E-state index is 12.5. The summed E-state index contributed by atoms with van der Waals surface area (Å²) >= 11 is 0. The number of amides is 1. The smallest absolute Gasteiger partial charge is 0.222 e. The second-order valence-electron chi connectivity index (χ2n) is 7.36. The van der Waals surface area contributed by atoms with Crippen LogP contribution in [0.5, 0.6) is 0 Å². The molecule has 0 radical (unpaired) electrons. The summed E-state index contributed by atoms with van der Waals surface area (Å²) in [6.45, 7) is 3.71. The lowest BCUT2D eigenvalue weighted by Gasteiger charge is -2.39. The predicted molar refractivity (Wildman–Crippen MR) is 91.5 cm³/mol. The van der Waals surface area contributed by atoms with E-state index in [4.69, 9.17) is 4.74 Å². The first-order chi connectivity index (χ1) is 11.6. The molecule has 2 saturated heterocycles. The maximum Gasteiger partial charge on any atom is 0.222 e. The molecule has 0 aliphatic carbocycles. The Morgan fingerprint density at radius 1 is 1.33 bits per heavy atom. The summed E-state index contributed by atoms with van der Waals surface area (Å²) in [7, 11) is 3.97. The highest BCUT2D eigenvalue weighted by Gasteiger charge is 2.44. The van der Waals surface area contributed by atoms with Crippen LogP contribution in [-0.2, 0) is 16.0 Å². The fourth-order valence-corrected chi connectivity index (χ4v) is 4.22. The standard InChI is InChI=1S/C18H28N4O2/c1-21-13-18(9-16(21)12-24-2)5-7-22(8-6-18)17(23)4-3-15-10-19-14-20-11-15/h10-11,14,16H,3-9,12-13H2,1-2H3. The number of ether oxygens (including phenoxy) is 1. The first-order valence-corrected chi connectivity index (χ1v) is 8.83. The van der Waals surface area contributed by atoms with Crippen molar-refractivity contribution >= 4 is 5.91 Å². The molecule has 1 amide bonds. The molecule has 1 aromatic rings. The molecule has 6 nitrogen and oxygen atoms in total. The van der Waals surface area contributed by atoms with Gasteiger partial charge in [0.15, 0.2) is 0 Å². The van der Waals surface area contributed by atoms with Crippen molar-refractivity contribution in [1.82, 2.24) is 19.8 Å². The third-order valence-corrected chi connectivity index (χ3v) is 5.65. The van der Waals surface area contributed by atoms with Gasteiger partial charge in [0.05, 0.1) is 6.61 Å². The van der Waals surface area contributed by atoms with Gasteiger partial charge in [0, 0.05) is 51.6 Å². The number of carbonyl (C=O) groups is 1. The van der Waals surface area contributed by atoms with Crippen molar-refractivity contribution in [1.29, 1.82) is 0 Å². The Morgan fingerprint density at radius 2 is 2.04 bits per heavy atom. The van der Waals surface area contributed by atoms with Crippen molar-refractivity contribution in [3.05, 3.63) is 24.3 Å². The number of aromatic nitrogens is 2. The Balaban J connectivity index is 1.47. The van der Waals surface area contributed by atoms with Crippen LogP contribution in [-0.4, -0.2) is 72.1 Å². The summed E-state index contributed by atoms with van der Waals surface area (Å²) in [6.07, 6.45) is 9.78. The molecule has 3 rings (SSSR count). The molecule has 3 heterocycles. The van der Waals surface area contributed by atoms with Gasteiger partial charge in [-0.15, -0.1) is 0 Å². The number of aryl methyl sites for hydroxylation is 1. The van der Waals surface area contributed by atoms with Gasteiger partial charge in [-0.1, -0.05) is 0 Å². The van der Waals surface area contributed by atoms with Gasteiger partial charge in [-0.3, -0.25) is 4.79 Å². The molecule has 1 atom stereocenters. The molecule has 132 valence electrons. The van der Waals surface area contributed by atoms with E-state index < -0.39 is 0 Å². The van der Waals surface area contributed by atoms with Gasteiger partial charge in [0.25, 0.3) is 0 Å². The monoisotopic (exact) mass is 332 g/mol. The van der Waals surface area contributed by atoms with Crippen molar-refractivity contribution in [2.75, 3.05) is 40.4 Å². The fraction of sp³-hybridized carbons (Fsp3) is 0.722. The first-order valence-electron chi connectivity index (χ1n) is 8.83. The fourth-order valence-electron chi connectivity index (χ4n) is 4.22. The molecular formula is C18H28N4O2. The average Bonchev–Trinajstić information content (AvgIpc) is 2.90. The van der Waals surface area contributed by atoms with E-state index >= 15 is 0 Å². The molecule has 24 heavy (non-hydrogen) atoms. The molecule has 1 unspecified atom stereocenters. The van der Waals surface area contributed by atoms with Gasteiger partial charge < -0.3 is 14.5 Å². The Labute approximate surface area is 144 Å². The summed E-state index contributed by atoms with van der Waals surface area (Å²) in [6, 6.07) is 0.523.